The van der Waals surface area contributed by atoms with E-state index in [0.717, 1.165) is 43.2 Å². The SMILES string of the molecule is CC([C@H]1CC[C@@]2(O)C3=CC(=O)C4C[C@@H](O)[C@@H](O)C[C@]4(C)C3CC[C@]12C)N(Cc1cccnc1)C(=O)C1CC1. The molecule has 4 saturated carbocycles. The summed E-state index contributed by atoms with van der Waals surface area (Å²) in [6.07, 6.45) is 9.05. The maximum atomic E-state index is 13.5. The Kier molecular flexibility index (Phi) is 6.17. The lowest BCUT2D eigenvalue weighted by Gasteiger charge is -2.60. The van der Waals surface area contributed by atoms with Crippen LogP contribution in [0.2, 0.25) is 0 Å². The molecule has 1 aromatic heterocycles. The predicted molar refractivity (Wildman–Crippen MR) is 141 cm³/mol. The van der Waals surface area contributed by atoms with Gasteiger partial charge in [0.2, 0.25) is 5.91 Å². The van der Waals surface area contributed by atoms with E-state index in [2.05, 4.69) is 25.8 Å². The van der Waals surface area contributed by atoms with Gasteiger partial charge in [0.15, 0.2) is 5.78 Å². The zero-order valence-corrected chi connectivity index (χ0v) is 22.8. The number of amides is 1. The minimum atomic E-state index is -1.12. The second-order valence-corrected chi connectivity index (χ2v) is 13.5. The van der Waals surface area contributed by atoms with Crippen LogP contribution in [0, 0.1) is 34.5 Å². The highest BCUT2D eigenvalue weighted by molar-refractivity contribution is 5.95. The Balaban J connectivity index is 1.32. The molecule has 0 radical (unpaired) electrons. The highest BCUT2D eigenvalue weighted by atomic mass is 16.3. The Morgan fingerprint density at radius 2 is 1.89 bits per heavy atom. The number of carbonyl (C=O) groups is 2. The fraction of sp³-hybridized carbons (Fsp3) is 0.710. The van der Waals surface area contributed by atoms with Crippen molar-refractivity contribution < 1.29 is 24.9 Å². The number of carbonyl (C=O) groups excluding carboxylic acids is 2. The summed E-state index contributed by atoms with van der Waals surface area (Å²) in [5, 5.41) is 33.4. The van der Waals surface area contributed by atoms with Crippen molar-refractivity contribution in [1.82, 2.24) is 9.88 Å². The third-order valence-electron chi connectivity index (χ3n) is 11.5. The molecule has 0 spiro atoms. The second kappa shape index (κ2) is 8.97. The zero-order valence-electron chi connectivity index (χ0n) is 22.8. The van der Waals surface area contributed by atoms with E-state index in [0.29, 0.717) is 19.4 Å². The van der Waals surface area contributed by atoms with Crippen LogP contribution >= 0.6 is 0 Å². The predicted octanol–water partition coefficient (Wildman–Crippen LogP) is 3.41. The lowest BCUT2D eigenvalue weighted by molar-refractivity contribution is -0.155. The van der Waals surface area contributed by atoms with Gasteiger partial charge < -0.3 is 20.2 Å². The van der Waals surface area contributed by atoms with E-state index in [1.165, 1.54) is 0 Å². The van der Waals surface area contributed by atoms with Gasteiger partial charge in [-0.25, -0.2) is 0 Å². The third kappa shape index (κ3) is 3.75. The number of hydrogen-bond donors (Lipinski definition) is 3. The average Bonchev–Trinajstić information content (AvgIpc) is 3.69. The van der Waals surface area contributed by atoms with Crippen LogP contribution in [0.4, 0.5) is 0 Å². The first-order chi connectivity index (χ1) is 18.0. The Bertz CT molecular complexity index is 1150. The smallest absolute Gasteiger partial charge is 0.226 e. The van der Waals surface area contributed by atoms with Gasteiger partial charge in [0.25, 0.3) is 0 Å². The highest BCUT2D eigenvalue weighted by Gasteiger charge is 2.67. The van der Waals surface area contributed by atoms with Crippen molar-refractivity contribution in [2.45, 2.75) is 103 Å². The van der Waals surface area contributed by atoms with Crippen molar-refractivity contribution in [2.75, 3.05) is 0 Å². The van der Waals surface area contributed by atoms with Gasteiger partial charge in [0, 0.05) is 42.2 Å². The first-order valence-electron chi connectivity index (χ1n) is 14.5. The highest BCUT2D eigenvalue weighted by Crippen LogP contribution is 2.67. The molecule has 4 fully saturated rings. The summed E-state index contributed by atoms with van der Waals surface area (Å²) in [4.78, 5) is 33.2. The number of hydrogen-bond acceptors (Lipinski definition) is 6. The maximum absolute atomic E-state index is 13.5. The molecule has 7 heteroatoms. The summed E-state index contributed by atoms with van der Waals surface area (Å²) in [5.74, 6) is 0.0332. The normalized spacial score (nSPS) is 42.9. The fourth-order valence-electron chi connectivity index (χ4n) is 9.08. The van der Waals surface area contributed by atoms with Crippen LogP contribution in [0.3, 0.4) is 0 Å². The van der Waals surface area contributed by atoms with Crippen molar-refractivity contribution in [2.24, 2.45) is 34.5 Å². The number of allylic oxidation sites excluding steroid dienone is 1. The zero-order chi connectivity index (χ0) is 27.0. The summed E-state index contributed by atoms with van der Waals surface area (Å²) < 4.78 is 0. The number of ketones is 1. The lowest BCUT2D eigenvalue weighted by atomic mass is 9.46. The molecule has 0 saturated heterocycles. The van der Waals surface area contributed by atoms with E-state index in [4.69, 9.17) is 0 Å². The van der Waals surface area contributed by atoms with E-state index in [1.807, 2.05) is 23.2 Å². The van der Waals surface area contributed by atoms with Gasteiger partial charge in [0.1, 0.15) is 0 Å². The van der Waals surface area contributed by atoms with Gasteiger partial charge in [-0.15, -0.1) is 0 Å². The summed E-state index contributed by atoms with van der Waals surface area (Å²) in [5.41, 5.74) is -0.229. The molecule has 6 rings (SSSR count). The molecule has 7 nitrogen and oxygen atoms in total. The molecular weight excluding hydrogens is 480 g/mol. The summed E-state index contributed by atoms with van der Waals surface area (Å²) in [6.45, 7) is 6.90. The van der Waals surface area contributed by atoms with Gasteiger partial charge in [-0.1, -0.05) is 19.9 Å². The molecule has 5 aliphatic carbocycles. The van der Waals surface area contributed by atoms with Crippen molar-refractivity contribution >= 4 is 11.7 Å². The Morgan fingerprint density at radius 1 is 1.13 bits per heavy atom. The first kappa shape index (κ1) is 26.1. The molecule has 9 atom stereocenters. The lowest BCUT2D eigenvalue weighted by Crippen LogP contribution is -2.61. The van der Waals surface area contributed by atoms with E-state index in [-0.39, 0.29) is 47.8 Å². The number of nitrogens with zero attached hydrogens (tertiary/aromatic N) is 2. The van der Waals surface area contributed by atoms with Gasteiger partial charge >= 0.3 is 0 Å². The minimum absolute atomic E-state index is 0.000858. The van der Waals surface area contributed by atoms with E-state index in [9.17, 15) is 24.9 Å². The van der Waals surface area contributed by atoms with Crippen molar-refractivity contribution in [3.8, 4) is 0 Å². The van der Waals surface area contributed by atoms with Crippen LogP contribution in [0.5, 0.6) is 0 Å². The fourth-order valence-corrected chi connectivity index (χ4v) is 9.08. The van der Waals surface area contributed by atoms with Crippen LogP contribution in [-0.4, -0.2) is 60.7 Å². The number of rotatable bonds is 5. The van der Waals surface area contributed by atoms with E-state index < -0.39 is 28.6 Å². The molecule has 3 N–H and O–H groups in total. The Hall–Kier alpha value is -2.09. The number of aliphatic hydroxyl groups is 3. The molecule has 0 aliphatic heterocycles. The number of pyridine rings is 1. The van der Waals surface area contributed by atoms with Crippen LogP contribution in [0.1, 0.15) is 77.7 Å². The largest absolute Gasteiger partial charge is 0.390 e. The monoisotopic (exact) mass is 522 g/mol. The minimum Gasteiger partial charge on any atom is -0.390 e. The van der Waals surface area contributed by atoms with Crippen LogP contribution < -0.4 is 0 Å². The van der Waals surface area contributed by atoms with Crippen molar-refractivity contribution in [3.05, 3.63) is 41.7 Å². The first-order valence-corrected chi connectivity index (χ1v) is 14.5. The summed E-state index contributed by atoms with van der Waals surface area (Å²) >= 11 is 0. The molecule has 0 aromatic carbocycles. The molecule has 5 aliphatic rings. The summed E-state index contributed by atoms with van der Waals surface area (Å²) in [6, 6.07) is 3.85. The second-order valence-electron chi connectivity index (χ2n) is 13.5. The Morgan fingerprint density at radius 3 is 2.58 bits per heavy atom. The van der Waals surface area contributed by atoms with Gasteiger partial charge in [-0.3, -0.25) is 14.6 Å². The molecule has 3 unspecified atom stereocenters. The maximum Gasteiger partial charge on any atom is 0.226 e. The van der Waals surface area contributed by atoms with E-state index in [1.54, 1.807) is 12.3 Å². The number of aliphatic hydroxyl groups excluding tert-OH is 2. The molecule has 206 valence electrons. The van der Waals surface area contributed by atoms with E-state index >= 15 is 0 Å². The molecular formula is C31H42N2O5. The molecule has 38 heavy (non-hydrogen) atoms. The third-order valence-corrected chi connectivity index (χ3v) is 11.5. The van der Waals surface area contributed by atoms with Crippen LogP contribution in [-0.2, 0) is 16.1 Å². The van der Waals surface area contributed by atoms with Gasteiger partial charge in [-0.2, -0.15) is 0 Å². The van der Waals surface area contributed by atoms with Gasteiger partial charge in [0.05, 0.1) is 17.8 Å². The topological polar surface area (TPSA) is 111 Å². The standard InChI is InChI=1S/C31H42N2O5/c1-18(33(28(37)20-6-7-20)17-19-5-4-12-32-16-19)21-9-11-31(38)23-13-25(34)24-14-26(35)27(36)15-29(24,2)22(23)8-10-30(21,31)3/h4-5,12-13,16,18,20-22,24,26-27,35-36,38H,6-11,14-15,17H2,1-3H3/t18?,21-,22?,24?,26-,27+,29-,30-,31-/m1/s1. The van der Waals surface area contributed by atoms with Crippen molar-refractivity contribution in [3.63, 3.8) is 0 Å². The van der Waals surface area contributed by atoms with Crippen LogP contribution in [0.25, 0.3) is 0 Å². The van der Waals surface area contributed by atoms with Gasteiger partial charge in [-0.05, 0) is 98.8 Å². The average molecular weight is 523 g/mol. The molecule has 0 bridgehead atoms. The quantitative estimate of drug-likeness (QED) is 0.547. The Labute approximate surface area is 225 Å². The number of fused-ring (bicyclic) bond motifs is 5. The summed E-state index contributed by atoms with van der Waals surface area (Å²) in [7, 11) is 0. The molecule has 1 aromatic rings. The van der Waals surface area contributed by atoms with Crippen LogP contribution in [0.15, 0.2) is 36.2 Å². The molecule has 1 heterocycles. The van der Waals surface area contributed by atoms with Crippen molar-refractivity contribution in [1.29, 1.82) is 0 Å². The molecule has 1 amide bonds. The number of aromatic nitrogens is 1.